The summed E-state index contributed by atoms with van der Waals surface area (Å²) >= 11 is 0. The van der Waals surface area contributed by atoms with Crippen molar-refractivity contribution >= 4 is 29.3 Å². The second-order valence-corrected chi connectivity index (χ2v) is 10.2. The minimum absolute atomic E-state index is 0.128. The number of nitrogens with zero attached hydrogens (tertiary/aromatic N) is 6. The van der Waals surface area contributed by atoms with Gasteiger partial charge in [-0.15, -0.1) is 0 Å². The molecular weight excluding hydrogens is 537 g/mol. The van der Waals surface area contributed by atoms with Crippen molar-refractivity contribution < 1.29 is 37.0 Å². The molecule has 0 radical (unpaired) electrons. The molecule has 1 unspecified atom stereocenters. The minimum Gasteiger partial charge on any atom is -0.474 e. The molecule has 3 aliphatic heterocycles. The molecule has 2 bridgehead atoms. The summed E-state index contributed by atoms with van der Waals surface area (Å²) in [6.45, 7) is 6.26. The number of amides is 3. The molecule has 2 aromatic heterocycles. The van der Waals surface area contributed by atoms with Crippen molar-refractivity contribution in [2.45, 2.75) is 63.8 Å². The van der Waals surface area contributed by atoms with E-state index in [0.29, 0.717) is 31.8 Å². The van der Waals surface area contributed by atoms with E-state index in [2.05, 4.69) is 25.3 Å². The lowest BCUT2D eigenvalue weighted by atomic mass is 10.0. The largest absolute Gasteiger partial charge is 0.474 e. The van der Waals surface area contributed by atoms with Crippen LogP contribution in [0.1, 0.15) is 44.2 Å². The van der Waals surface area contributed by atoms with Gasteiger partial charge in [-0.1, -0.05) is 0 Å². The van der Waals surface area contributed by atoms with Crippen LogP contribution >= 0.6 is 0 Å². The van der Waals surface area contributed by atoms with Gasteiger partial charge >= 0.3 is 12.2 Å². The number of fused-ring (bicyclic) bond motifs is 4. The zero-order valence-corrected chi connectivity index (χ0v) is 22.1. The number of urea groups is 1. The molecule has 2 N–H and O–H groups in total. The predicted molar refractivity (Wildman–Crippen MR) is 134 cm³/mol. The molecule has 2 fully saturated rings. The smallest absolute Gasteiger partial charge is 0.408 e. The minimum atomic E-state index is -4.63. The van der Waals surface area contributed by atoms with Gasteiger partial charge in [0, 0.05) is 13.1 Å². The fraction of sp³-hybridized carbons (Fsp3) is 0.583. The van der Waals surface area contributed by atoms with E-state index in [-0.39, 0.29) is 36.3 Å². The molecule has 0 aliphatic carbocycles. The highest BCUT2D eigenvalue weighted by Crippen LogP contribution is 2.37. The predicted octanol–water partition coefficient (Wildman–Crippen LogP) is 2.50. The lowest BCUT2D eigenvalue weighted by Gasteiger charge is -2.45. The first-order valence-corrected chi connectivity index (χ1v) is 12.8. The molecule has 3 amide bonds. The summed E-state index contributed by atoms with van der Waals surface area (Å²) in [7, 11) is 0. The Bertz CT molecular complexity index is 1260. The van der Waals surface area contributed by atoms with E-state index in [4.69, 9.17) is 14.2 Å². The highest BCUT2D eigenvalue weighted by Gasteiger charge is 2.41. The van der Waals surface area contributed by atoms with Crippen LogP contribution in [0, 0.1) is 0 Å². The summed E-state index contributed by atoms with van der Waals surface area (Å²) in [5, 5.41) is 4.52. The van der Waals surface area contributed by atoms with Crippen LogP contribution in [0.25, 0.3) is 0 Å². The van der Waals surface area contributed by atoms with Gasteiger partial charge < -0.3 is 24.4 Å². The van der Waals surface area contributed by atoms with Gasteiger partial charge in [-0.2, -0.15) is 13.2 Å². The van der Waals surface area contributed by atoms with E-state index in [9.17, 15) is 22.8 Å². The number of piperidine rings is 1. The van der Waals surface area contributed by atoms with Crippen LogP contribution in [0.5, 0.6) is 5.88 Å². The van der Waals surface area contributed by atoms with E-state index in [0.717, 1.165) is 13.3 Å². The summed E-state index contributed by atoms with van der Waals surface area (Å²) in [6.07, 6.45) is 0.629. The van der Waals surface area contributed by atoms with Crippen LogP contribution in [-0.2, 0) is 9.47 Å². The number of nitrogens with one attached hydrogen (secondary N) is 2. The average molecular weight is 567 g/mol. The SMILES string of the molecule is CC(NC(=O)c1ncc2c(n1)N(C(=O)Nc1cnc(OC[C@H]3COC(C)(C)O3)cn1)[C@H]1CCCN2C1)C(F)(F)F. The Hall–Kier alpha value is -3.79. The van der Waals surface area contributed by atoms with E-state index in [1.807, 2.05) is 24.1 Å². The highest BCUT2D eigenvalue weighted by atomic mass is 19.4. The molecule has 5 rings (SSSR count). The third-order valence-corrected chi connectivity index (χ3v) is 6.69. The lowest BCUT2D eigenvalue weighted by molar-refractivity contribution is -0.149. The van der Waals surface area contributed by atoms with Crippen LogP contribution in [0.2, 0.25) is 0 Å². The van der Waals surface area contributed by atoms with E-state index in [1.165, 1.54) is 23.5 Å². The summed E-state index contributed by atoms with van der Waals surface area (Å²) in [6, 6.07) is -2.96. The second kappa shape index (κ2) is 10.6. The third-order valence-electron chi connectivity index (χ3n) is 6.69. The van der Waals surface area contributed by atoms with Crippen molar-refractivity contribution in [2.75, 3.05) is 41.4 Å². The van der Waals surface area contributed by atoms with Crippen LogP contribution in [0.4, 0.5) is 35.3 Å². The number of anilines is 3. The zero-order chi connectivity index (χ0) is 28.7. The van der Waals surface area contributed by atoms with Crippen molar-refractivity contribution in [1.82, 2.24) is 25.3 Å². The number of halogens is 3. The highest BCUT2D eigenvalue weighted by molar-refractivity contribution is 6.04. The van der Waals surface area contributed by atoms with Crippen LogP contribution in [0.15, 0.2) is 18.6 Å². The molecule has 3 aliphatic rings. The van der Waals surface area contributed by atoms with E-state index in [1.54, 1.807) is 0 Å². The quantitative estimate of drug-likeness (QED) is 0.535. The molecule has 0 aromatic carbocycles. The van der Waals surface area contributed by atoms with Crippen molar-refractivity contribution in [1.29, 1.82) is 0 Å². The van der Waals surface area contributed by atoms with Gasteiger partial charge in [0.05, 0.1) is 36.9 Å². The normalized spacial score (nSPS) is 22.4. The first-order chi connectivity index (χ1) is 18.9. The Balaban J connectivity index is 1.29. The summed E-state index contributed by atoms with van der Waals surface area (Å²) in [5.74, 6) is -1.75. The lowest BCUT2D eigenvalue weighted by Crippen LogP contribution is -2.56. The monoisotopic (exact) mass is 566 g/mol. The number of carbonyl (C=O) groups excluding carboxylic acids is 2. The fourth-order valence-corrected chi connectivity index (χ4v) is 4.69. The Morgan fingerprint density at radius 1 is 1.23 bits per heavy atom. The van der Waals surface area contributed by atoms with Crippen molar-refractivity contribution in [2.24, 2.45) is 0 Å². The maximum Gasteiger partial charge on any atom is 0.408 e. The van der Waals surface area contributed by atoms with Crippen molar-refractivity contribution in [3.8, 4) is 5.88 Å². The van der Waals surface area contributed by atoms with Gasteiger partial charge in [-0.3, -0.25) is 15.0 Å². The molecule has 13 nitrogen and oxygen atoms in total. The van der Waals surface area contributed by atoms with Gasteiger partial charge in [0.25, 0.3) is 5.91 Å². The number of hydrogen-bond donors (Lipinski definition) is 2. The van der Waals surface area contributed by atoms with Gasteiger partial charge in [0.15, 0.2) is 17.4 Å². The Morgan fingerprint density at radius 3 is 2.70 bits per heavy atom. The Kier molecular flexibility index (Phi) is 7.39. The van der Waals surface area contributed by atoms with Gasteiger partial charge in [-0.05, 0) is 33.6 Å². The van der Waals surface area contributed by atoms with Crippen LogP contribution in [0.3, 0.4) is 0 Å². The fourth-order valence-electron chi connectivity index (χ4n) is 4.69. The topological polar surface area (TPSA) is 144 Å². The molecule has 5 heterocycles. The molecule has 16 heteroatoms. The van der Waals surface area contributed by atoms with Crippen LogP contribution in [-0.4, -0.2) is 88.3 Å². The number of aromatic nitrogens is 4. The Labute approximate surface area is 227 Å². The number of ether oxygens (including phenoxy) is 3. The molecule has 3 atom stereocenters. The first kappa shape index (κ1) is 27.8. The van der Waals surface area contributed by atoms with E-state index >= 15 is 0 Å². The van der Waals surface area contributed by atoms with Gasteiger partial charge in [0.1, 0.15) is 18.8 Å². The number of hydrogen-bond acceptors (Lipinski definition) is 10. The first-order valence-electron chi connectivity index (χ1n) is 12.8. The molecule has 0 saturated carbocycles. The number of alkyl halides is 3. The molecular formula is C24H29F3N8O5. The van der Waals surface area contributed by atoms with Gasteiger partial charge in [0.2, 0.25) is 11.7 Å². The van der Waals surface area contributed by atoms with Crippen LogP contribution < -0.4 is 25.2 Å². The maximum atomic E-state index is 13.4. The van der Waals surface area contributed by atoms with Gasteiger partial charge in [-0.25, -0.2) is 24.7 Å². The average Bonchev–Trinajstić information content (AvgIpc) is 3.26. The summed E-state index contributed by atoms with van der Waals surface area (Å²) in [5.41, 5.74) is 0.502. The molecule has 0 spiro atoms. The number of carbonyl (C=O) groups is 2. The third kappa shape index (κ3) is 6.01. The Morgan fingerprint density at radius 2 is 2.02 bits per heavy atom. The van der Waals surface area contributed by atoms with Crippen molar-refractivity contribution in [3.63, 3.8) is 0 Å². The summed E-state index contributed by atoms with van der Waals surface area (Å²) in [4.78, 5) is 45.8. The second-order valence-electron chi connectivity index (χ2n) is 10.2. The molecule has 2 aromatic rings. The van der Waals surface area contributed by atoms with E-state index < -0.39 is 35.8 Å². The zero-order valence-electron chi connectivity index (χ0n) is 22.1. The number of rotatable bonds is 6. The maximum absolute atomic E-state index is 13.4. The summed E-state index contributed by atoms with van der Waals surface area (Å²) < 4.78 is 55.6. The molecule has 2 saturated heterocycles. The molecule has 40 heavy (non-hydrogen) atoms. The molecule has 216 valence electrons. The van der Waals surface area contributed by atoms with Crippen molar-refractivity contribution in [3.05, 3.63) is 24.4 Å². The standard InChI is InChI=1S/C24H29F3N8O5/c1-13(24(25,26)27)31-21(36)19-30-7-16-20(33-19)35(14-5-4-6-34(16)10-14)22(37)32-17-8-29-18(9-28-17)38-11-15-12-39-23(2,3)40-15/h7-9,13-15H,4-6,10-12H2,1-3H3,(H,31,36)(H,28,32,37)/t13?,14-,15-/m0/s1.